The summed E-state index contributed by atoms with van der Waals surface area (Å²) in [7, 11) is 0. The summed E-state index contributed by atoms with van der Waals surface area (Å²) in [4.78, 5) is 15.9. The molecule has 0 spiro atoms. The molecule has 1 aliphatic rings. The third kappa shape index (κ3) is 4.95. The number of rotatable bonds is 5. The Balaban J connectivity index is 1.19. The van der Waals surface area contributed by atoms with Gasteiger partial charge in [-0.15, -0.1) is 0 Å². The summed E-state index contributed by atoms with van der Waals surface area (Å²) >= 11 is 0. The zero-order valence-electron chi connectivity index (χ0n) is 32.6. The number of hydrogen-bond acceptors (Lipinski definition) is 3. The first kappa shape index (κ1) is 33.5. The van der Waals surface area contributed by atoms with Gasteiger partial charge in [0.15, 0.2) is 11.6 Å². The lowest BCUT2D eigenvalue weighted by Crippen LogP contribution is -2.15. The molecule has 0 atom stereocenters. The van der Waals surface area contributed by atoms with Gasteiger partial charge in [-0.25, -0.2) is 4.98 Å². The minimum absolute atomic E-state index is 0.140. The molecule has 0 fully saturated rings. The predicted octanol–water partition coefficient (Wildman–Crippen LogP) is 13.4. The Morgan fingerprint density at radius 2 is 0.864 bits per heavy atom. The van der Waals surface area contributed by atoms with Crippen molar-refractivity contribution in [1.29, 1.82) is 0 Å². The van der Waals surface area contributed by atoms with Crippen LogP contribution < -0.4 is 0 Å². The van der Waals surface area contributed by atoms with Crippen molar-refractivity contribution in [2.45, 2.75) is 19.3 Å². The maximum atomic E-state index is 5.38. The average molecular weight is 756 g/mol. The zero-order chi connectivity index (χ0) is 39.2. The van der Waals surface area contributed by atoms with Crippen LogP contribution >= 0.6 is 0 Å². The molecule has 0 N–H and O–H groups in total. The lowest BCUT2D eigenvalue weighted by molar-refractivity contribution is 0.660. The van der Waals surface area contributed by atoms with Crippen LogP contribution in [0.2, 0.25) is 0 Å². The number of hydrogen-bond donors (Lipinski definition) is 0. The van der Waals surface area contributed by atoms with Gasteiger partial charge in [0.1, 0.15) is 0 Å². The fourth-order valence-electron chi connectivity index (χ4n) is 9.63. The third-order valence-electron chi connectivity index (χ3n) is 12.4. The van der Waals surface area contributed by atoms with Crippen molar-refractivity contribution in [2.24, 2.45) is 0 Å². The maximum Gasteiger partial charge on any atom is 0.238 e. The number of fused-ring (bicyclic) bond motifs is 10. The van der Waals surface area contributed by atoms with Crippen LogP contribution in [0.4, 0.5) is 0 Å². The highest BCUT2D eigenvalue weighted by molar-refractivity contribution is 6.24. The van der Waals surface area contributed by atoms with Gasteiger partial charge in [-0.3, -0.25) is 4.57 Å². The molecule has 12 rings (SSSR count). The lowest BCUT2D eigenvalue weighted by atomic mass is 9.82. The summed E-state index contributed by atoms with van der Waals surface area (Å²) < 4.78 is 4.78. The van der Waals surface area contributed by atoms with Crippen molar-refractivity contribution in [3.8, 4) is 56.7 Å². The molecule has 0 unspecified atom stereocenters. The van der Waals surface area contributed by atoms with Gasteiger partial charge in [0.25, 0.3) is 0 Å². The van der Waals surface area contributed by atoms with E-state index >= 15 is 0 Å². The van der Waals surface area contributed by atoms with E-state index in [0.29, 0.717) is 17.6 Å². The van der Waals surface area contributed by atoms with Crippen LogP contribution in [0.15, 0.2) is 188 Å². The smallest absolute Gasteiger partial charge is 0.238 e. The van der Waals surface area contributed by atoms with Gasteiger partial charge in [0, 0.05) is 43.7 Å². The van der Waals surface area contributed by atoms with Crippen molar-refractivity contribution < 1.29 is 0 Å². The molecule has 11 aromatic rings. The average Bonchev–Trinajstić information content (AvgIpc) is 3.90. The predicted molar refractivity (Wildman–Crippen MR) is 242 cm³/mol. The first-order valence-electron chi connectivity index (χ1n) is 20.2. The van der Waals surface area contributed by atoms with E-state index in [1.165, 1.54) is 38.6 Å². The highest BCUT2D eigenvalue weighted by Gasteiger charge is 2.37. The molecular formula is C54H37N5. The van der Waals surface area contributed by atoms with E-state index < -0.39 is 0 Å². The minimum atomic E-state index is -0.140. The molecule has 3 heterocycles. The van der Waals surface area contributed by atoms with Crippen LogP contribution in [0.5, 0.6) is 0 Å². The molecule has 0 radical (unpaired) electrons. The largest absolute Gasteiger partial charge is 0.307 e. The van der Waals surface area contributed by atoms with Crippen molar-refractivity contribution in [2.75, 3.05) is 0 Å². The Kier molecular flexibility index (Phi) is 7.20. The Morgan fingerprint density at radius 3 is 1.54 bits per heavy atom. The summed E-state index contributed by atoms with van der Waals surface area (Å²) in [5.74, 6) is 1.81. The van der Waals surface area contributed by atoms with E-state index in [0.717, 1.165) is 55.2 Å². The summed E-state index contributed by atoms with van der Waals surface area (Å²) in [5.41, 5.74) is 14.8. The normalized spacial score (nSPS) is 13.1. The Labute approximate surface area is 341 Å². The number of aromatic nitrogens is 5. The van der Waals surface area contributed by atoms with Gasteiger partial charge in [0.05, 0.1) is 27.8 Å². The first-order valence-corrected chi connectivity index (χ1v) is 20.2. The molecule has 0 bridgehead atoms. The Morgan fingerprint density at radius 1 is 0.373 bits per heavy atom. The van der Waals surface area contributed by atoms with Crippen LogP contribution in [-0.2, 0) is 5.41 Å². The molecule has 5 nitrogen and oxygen atoms in total. The van der Waals surface area contributed by atoms with E-state index in [2.05, 4.69) is 187 Å². The van der Waals surface area contributed by atoms with Crippen LogP contribution in [0.1, 0.15) is 25.0 Å². The number of benzene rings is 8. The summed E-state index contributed by atoms with van der Waals surface area (Å²) in [6.07, 6.45) is 0. The van der Waals surface area contributed by atoms with Crippen LogP contribution in [0.25, 0.3) is 100 Å². The standard InChI is InChI=1S/C54H37N5/c1-54(2)43-23-12-9-22-42(43)48-44(54)24-15-27-47(48)58-45-25-13-10-20-38(45)40-32-33-41-39-21-11-14-26-46(39)59(50(41)49(40)58)53-56-51(36-18-7-4-8-19-36)55-52(57-53)37-30-28-35(29-31-37)34-16-5-3-6-17-34/h3-33H,1-2H3. The summed E-state index contributed by atoms with van der Waals surface area (Å²) in [5, 5.41) is 4.65. The van der Waals surface area contributed by atoms with Crippen molar-refractivity contribution in [1.82, 2.24) is 24.1 Å². The first-order chi connectivity index (χ1) is 29.0. The van der Waals surface area contributed by atoms with E-state index in [-0.39, 0.29) is 5.41 Å². The summed E-state index contributed by atoms with van der Waals surface area (Å²) in [6, 6.07) is 67.0. The molecule has 278 valence electrons. The number of para-hydroxylation sites is 2. The molecule has 1 aliphatic carbocycles. The number of nitrogens with zero attached hydrogens (tertiary/aromatic N) is 5. The molecule has 0 amide bonds. The zero-order valence-corrected chi connectivity index (χ0v) is 32.6. The fourth-order valence-corrected chi connectivity index (χ4v) is 9.63. The topological polar surface area (TPSA) is 48.5 Å². The van der Waals surface area contributed by atoms with Gasteiger partial charge in [-0.2, -0.15) is 9.97 Å². The van der Waals surface area contributed by atoms with Gasteiger partial charge in [-0.05, 0) is 46.0 Å². The van der Waals surface area contributed by atoms with Gasteiger partial charge < -0.3 is 4.57 Å². The second-order valence-corrected chi connectivity index (χ2v) is 16.0. The minimum Gasteiger partial charge on any atom is -0.307 e. The van der Waals surface area contributed by atoms with Gasteiger partial charge in [0.2, 0.25) is 5.95 Å². The lowest BCUT2D eigenvalue weighted by Gasteiger charge is -2.22. The highest BCUT2D eigenvalue weighted by atomic mass is 15.2. The van der Waals surface area contributed by atoms with E-state index in [9.17, 15) is 0 Å². The van der Waals surface area contributed by atoms with Crippen LogP contribution in [-0.4, -0.2) is 24.1 Å². The molecule has 0 saturated carbocycles. The fraction of sp³-hybridized carbons (Fsp3) is 0.0556. The maximum absolute atomic E-state index is 5.38. The van der Waals surface area contributed by atoms with E-state index in [1.807, 2.05) is 24.3 Å². The molecular weight excluding hydrogens is 719 g/mol. The second-order valence-electron chi connectivity index (χ2n) is 16.0. The monoisotopic (exact) mass is 755 g/mol. The molecule has 0 aliphatic heterocycles. The van der Waals surface area contributed by atoms with Gasteiger partial charge >= 0.3 is 0 Å². The molecule has 59 heavy (non-hydrogen) atoms. The van der Waals surface area contributed by atoms with Gasteiger partial charge in [-0.1, -0.05) is 184 Å². The molecule has 8 aromatic carbocycles. The molecule has 3 aromatic heterocycles. The van der Waals surface area contributed by atoms with E-state index in [1.54, 1.807) is 0 Å². The quantitative estimate of drug-likeness (QED) is 0.176. The van der Waals surface area contributed by atoms with E-state index in [4.69, 9.17) is 15.0 Å². The SMILES string of the molecule is CC1(C)c2ccccc2-c2c(-n3c4ccccc4c4ccc5c6ccccc6n(-c6nc(-c7ccccc7)nc(-c7ccc(-c8ccccc8)cc7)n6)c5c43)cccc21. The molecule has 5 heteroatoms. The van der Waals surface area contributed by atoms with Crippen molar-refractivity contribution >= 4 is 43.6 Å². The Hall–Kier alpha value is -7.63. The molecule has 0 saturated heterocycles. The highest BCUT2D eigenvalue weighted by Crippen LogP contribution is 2.52. The van der Waals surface area contributed by atoms with Crippen LogP contribution in [0, 0.1) is 0 Å². The Bertz CT molecular complexity index is 3450. The van der Waals surface area contributed by atoms with Crippen molar-refractivity contribution in [3.63, 3.8) is 0 Å². The van der Waals surface area contributed by atoms with Crippen LogP contribution in [0.3, 0.4) is 0 Å². The van der Waals surface area contributed by atoms with Crippen molar-refractivity contribution in [3.05, 3.63) is 199 Å². The second kappa shape index (κ2) is 12.7. The third-order valence-corrected chi connectivity index (χ3v) is 12.4. The summed E-state index contributed by atoms with van der Waals surface area (Å²) in [6.45, 7) is 4.70.